The molecule has 0 bridgehead atoms. The van der Waals surface area contributed by atoms with Crippen molar-refractivity contribution in [3.8, 4) is 0 Å². The van der Waals surface area contributed by atoms with Crippen molar-refractivity contribution < 1.29 is 9.90 Å². The molecule has 0 saturated heterocycles. The lowest BCUT2D eigenvalue weighted by Crippen LogP contribution is -2.42. The van der Waals surface area contributed by atoms with E-state index in [1.54, 1.807) is 10.0 Å². The van der Waals surface area contributed by atoms with Gasteiger partial charge in [0.05, 0.1) is 12.8 Å². The molecule has 0 radical (unpaired) electrons. The van der Waals surface area contributed by atoms with Crippen molar-refractivity contribution in [3.05, 3.63) is 0 Å². The molecule has 0 unspecified atom stereocenters. The number of hydrogen-bond donors (Lipinski definition) is 4. The first-order valence-corrected chi connectivity index (χ1v) is 7.66. The molecule has 96 valence electrons. The molecule has 9 heteroatoms. The molecule has 0 aliphatic carbocycles. The number of aliphatic carboxylic acids is 1. The lowest BCUT2D eigenvalue weighted by Gasteiger charge is -2.30. The van der Waals surface area contributed by atoms with Crippen LogP contribution in [0.4, 0.5) is 0 Å². The largest absolute Gasteiger partial charge is 0.480 e. The van der Waals surface area contributed by atoms with E-state index in [9.17, 15) is 4.79 Å². The van der Waals surface area contributed by atoms with Crippen molar-refractivity contribution in [2.75, 3.05) is 41.0 Å². The third-order valence-corrected chi connectivity index (χ3v) is 4.33. The third-order valence-electron chi connectivity index (χ3n) is 1.33. The molecule has 0 saturated carbocycles. The van der Waals surface area contributed by atoms with Crippen molar-refractivity contribution in [2.24, 2.45) is 0 Å². The fraction of sp³-hybridized carbons (Fsp3) is 0.857. The lowest BCUT2D eigenvalue weighted by molar-refractivity contribution is -0.135. The summed E-state index contributed by atoms with van der Waals surface area (Å²) >= 11 is 5.46. The summed E-state index contributed by atoms with van der Waals surface area (Å²) in [5.74, 6) is -0.892. The van der Waals surface area contributed by atoms with Gasteiger partial charge >= 0.3 is 5.97 Å². The zero-order valence-electron chi connectivity index (χ0n) is 10.0. The quantitative estimate of drug-likeness (QED) is 0.332. The second kappa shape index (κ2) is 7.29. The second-order valence-corrected chi connectivity index (χ2v) is 7.77. The van der Waals surface area contributed by atoms with E-state index in [0.29, 0.717) is 6.29 Å². The van der Waals surface area contributed by atoms with Crippen LogP contribution in [0.5, 0.6) is 0 Å². The summed E-state index contributed by atoms with van der Waals surface area (Å²) in [5, 5.41) is 21.1. The number of carboxylic acids is 1. The normalized spacial score (nSPS) is 12.4. The van der Waals surface area contributed by atoms with Crippen LogP contribution in [0.2, 0.25) is 0 Å². The van der Waals surface area contributed by atoms with Gasteiger partial charge in [-0.1, -0.05) is 11.8 Å². The van der Waals surface area contributed by atoms with E-state index in [2.05, 4.69) is 15.7 Å². The third kappa shape index (κ3) is 8.12. The monoisotopic (exact) mass is 269 g/mol. The van der Waals surface area contributed by atoms with Gasteiger partial charge in [-0.3, -0.25) is 10.1 Å². The smallest absolute Gasteiger partial charge is 0.317 e. The summed E-state index contributed by atoms with van der Waals surface area (Å²) < 4.78 is 0. The van der Waals surface area contributed by atoms with Crippen molar-refractivity contribution >= 4 is 24.1 Å². The first-order valence-electron chi connectivity index (χ1n) is 4.67. The topological polar surface area (TPSA) is 79.9 Å². The van der Waals surface area contributed by atoms with Gasteiger partial charge in [-0.05, 0) is 0 Å². The fourth-order valence-electron chi connectivity index (χ4n) is 1.06. The molecule has 0 fully saturated rings. The molecule has 0 atom stereocenters. The number of rotatable bonds is 8. The molecule has 0 aromatic carbocycles. The Morgan fingerprint density at radius 1 is 1.25 bits per heavy atom. The number of hydrogen-bond acceptors (Lipinski definition) is 5. The molecule has 0 spiro atoms. The molecule has 0 aromatic rings. The number of nitrogens with one attached hydrogen (secondary N) is 3. The minimum Gasteiger partial charge on any atom is -0.480 e. The Morgan fingerprint density at radius 2 is 1.69 bits per heavy atom. The van der Waals surface area contributed by atoms with Gasteiger partial charge in [-0.15, -0.1) is 0 Å². The molecule has 0 aliphatic rings. The Balaban J connectivity index is 4.30. The predicted octanol–water partition coefficient (Wildman–Crippen LogP) is -0.940. The van der Waals surface area contributed by atoms with E-state index in [1.165, 1.54) is 0 Å². The first kappa shape index (κ1) is 15.9. The number of carboxylic acid groups (broad SMARTS) is 1. The van der Waals surface area contributed by atoms with Gasteiger partial charge in [0.2, 0.25) is 0 Å². The summed E-state index contributed by atoms with van der Waals surface area (Å²) in [4.78, 5) is 10.4. The molecule has 16 heavy (non-hydrogen) atoms. The molecule has 0 rings (SSSR count). The highest BCUT2D eigenvalue weighted by molar-refractivity contribution is 8.12. The maximum absolute atomic E-state index is 10.4. The van der Waals surface area contributed by atoms with Gasteiger partial charge in [0.15, 0.2) is 0 Å². The van der Waals surface area contributed by atoms with Crippen LogP contribution in [0.25, 0.3) is 0 Å². The van der Waals surface area contributed by atoms with Gasteiger partial charge in [0.1, 0.15) is 6.34 Å². The number of carbonyl (C=O) groups is 1. The van der Waals surface area contributed by atoms with Crippen LogP contribution in [0, 0.1) is 0 Å². The molecule has 7 nitrogen and oxygen atoms in total. The number of hydrazine groups is 2. The summed E-state index contributed by atoms with van der Waals surface area (Å²) in [6.45, 7) is -0.0946. The first-order chi connectivity index (χ1) is 7.25. The summed E-state index contributed by atoms with van der Waals surface area (Å²) in [5.41, 5.74) is 0. The summed E-state index contributed by atoms with van der Waals surface area (Å²) in [6.07, 6.45) is -1.67. The van der Waals surface area contributed by atoms with E-state index in [1.807, 2.05) is 28.2 Å². The average molecular weight is 269 g/mol. The molecule has 4 N–H and O–H groups in total. The number of nitrogens with zero attached hydrogens (tertiary/aromatic N) is 2. The van der Waals surface area contributed by atoms with Crippen LogP contribution < -0.4 is 15.7 Å². The Hall–Kier alpha value is -0.0800. The van der Waals surface area contributed by atoms with Crippen molar-refractivity contribution in [1.82, 2.24) is 25.7 Å². The highest BCUT2D eigenvalue weighted by Gasteiger charge is 2.17. The fourth-order valence-corrected chi connectivity index (χ4v) is 4.22. The van der Waals surface area contributed by atoms with Crippen LogP contribution in [-0.2, 0) is 16.6 Å². The Bertz CT molecular complexity index is 260. The Labute approximate surface area is 101 Å². The average Bonchev–Trinajstić information content (AvgIpc) is 1.98. The Kier molecular flexibility index (Phi) is 7.25. The van der Waals surface area contributed by atoms with Gasteiger partial charge < -0.3 is 5.11 Å². The molecule has 0 aliphatic heterocycles. The van der Waals surface area contributed by atoms with Crippen LogP contribution in [0.3, 0.4) is 0 Å². The van der Waals surface area contributed by atoms with Crippen LogP contribution in [0.1, 0.15) is 0 Å². The van der Waals surface area contributed by atoms with Crippen molar-refractivity contribution in [3.63, 3.8) is 0 Å². The van der Waals surface area contributed by atoms with E-state index in [4.69, 9.17) is 16.9 Å². The maximum atomic E-state index is 10.4. The van der Waals surface area contributed by atoms with Crippen molar-refractivity contribution in [1.29, 1.82) is 0 Å². The molecule has 0 amide bonds. The zero-order valence-corrected chi connectivity index (χ0v) is 11.7. The second-order valence-electron chi connectivity index (χ2n) is 3.71. The summed E-state index contributed by atoms with van der Waals surface area (Å²) in [7, 11) is 7.37. The van der Waals surface area contributed by atoms with E-state index >= 15 is 0 Å². The van der Waals surface area contributed by atoms with Gasteiger partial charge in [0.25, 0.3) is 0 Å². The lowest BCUT2D eigenvalue weighted by atomic mass is 10.7. The molecule has 0 heterocycles. The maximum Gasteiger partial charge on any atom is 0.317 e. The minimum atomic E-state index is -2.08. The highest BCUT2D eigenvalue weighted by atomic mass is 32.4. The minimum absolute atomic E-state index is 0.0946. The highest BCUT2D eigenvalue weighted by Crippen LogP contribution is 2.34. The Morgan fingerprint density at radius 3 is 2.00 bits per heavy atom. The van der Waals surface area contributed by atoms with Gasteiger partial charge in [-0.2, -0.15) is 0 Å². The van der Waals surface area contributed by atoms with Crippen LogP contribution >= 0.6 is 6.34 Å². The van der Waals surface area contributed by atoms with Crippen LogP contribution in [0.15, 0.2) is 0 Å². The zero-order chi connectivity index (χ0) is 12.8. The van der Waals surface area contributed by atoms with E-state index in [0.717, 1.165) is 0 Å². The van der Waals surface area contributed by atoms with Gasteiger partial charge in [0, 0.05) is 28.2 Å². The van der Waals surface area contributed by atoms with Crippen molar-refractivity contribution in [2.45, 2.75) is 0 Å². The summed E-state index contributed by atoms with van der Waals surface area (Å²) in [6, 6.07) is 0. The molecular formula is C7H20N5O2PS. The standard InChI is InChI=1S/C7H20N5O2PS/c1-11(2)9-15(16,10-12(3)4)6-8-5-7(13)14/h8H,5-6H2,1-4H3,(H,13,14)(H2,9,10,16). The predicted molar refractivity (Wildman–Crippen MR) is 68.4 cm³/mol. The molecule has 0 aromatic heterocycles. The van der Waals surface area contributed by atoms with E-state index < -0.39 is 12.3 Å². The SMILES string of the molecule is CN(C)NP(=S)(CNCC(=O)O)NN(C)C. The van der Waals surface area contributed by atoms with Crippen LogP contribution in [-0.4, -0.2) is 62.1 Å². The van der Waals surface area contributed by atoms with Gasteiger partial charge in [-0.25, -0.2) is 20.4 Å². The molecular weight excluding hydrogens is 249 g/mol. The van der Waals surface area contributed by atoms with E-state index in [-0.39, 0.29) is 6.54 Å².